The van der Waals surface area contributed by atoms with Crippen molar-refractivity contribution in [1.82, 2.24) is 5.32 Å². The van der Waals surface area contributed by atoms with Gasteiger partial charge in [0.1, 0.15) is 5.75 Å². The van der Waals surface area contributed by atoms with Gasteiger partial charge in [0.15, 0.2) is 0 Å². The van der Waals surface area contributed by atoms with Gasteiger partial charge in [0.2, 0.25) is 0 Å². The van der Waals surface area contributed by atoms with E-state index in [0.717, 1.165) is 42.3 Å². The zero-order valence-corrected chi connectivity index (χ0v) is 10.7. The summed E-state index contributed by atoms with van der Waals surface area (Å²) in [5.74, 6) is 3.64. The predicted molar refractivity (Wildman–Crippen MR) is 70.4 cm³/mol. The molecule has 0 saturated heterocycles. The van der Waals surface area contributed by atoms with E-state index < -0.39 is 0 Å². The fourth-order valence-corrected chi connectivity index (χ4v) is 2.27. The second-order valence-corrected chi connectivity index (χ2v) is 4.78. The zero-order valence-electron chi connectivity index (χ0n) is 9.92. The third-order valence-corrected chi connectivity index (χ3v) is 3.11. The van der Waals surface area contributed by atoms with Crippen molar-refractivity contribution in [3.63, 3.8) is 0 Å². The van der Waals surface area contributed by atoms with Crippen molar-refractivity contribution in [1.29, 1.82) is 0 Å². The Morgan fingerprint density at radius 3 is 3.18 bits per heavy atom. The van der Waals surface area contributed by atoms with Crippen molar-refractivity contribution in [2.24, 2.45) is 0 Å². The van der Waals surface area contributed by atoms with Crippen LogP contribution in [0.4, 0.5) is 0 Å². The van der Waals surface area contributed by atoms with E-state index in [9.17, 15) is 0 Å². The number of nitrogens with one attached hydrogen (secondary N) is 1. The fourth-order valence-electron chi connectivity index (χ4n) is 2.01. The van der Waals surface area contributed by atoms with Gasteiger partial charge in [-0.3, -0.25) is 0 Å². The Bertz CT molecular complexity index is 450. The molecule has 0 bridgehead atoms. The summed E-state index contributed by atoms with van der Waals surface area (Å²) in [6.45, 7) is 3.57. The quantitative estimate of drug-likeness (QED) is 0.829. The minimum absolute atomic E-state index is 0.302. The fraction of sp³-hybridized carbons (Fsp3) is 0.429. The molecule has 0 radical (unpaired) electrons. The molecule has 0 spiro atoms. The molecule has 1 aromatic carbocycles. The number of ether oxygens (including phenoxy) is 1. The molecule has 1 heterocycles. The SMILES string of the molecule is C#CCC(C)NCc1cc(Cl)cc2c1OCC2. The van der Waals surface area contributed by atoms with Crippen LogP contribution in [0.5, 0.6) is 5.75 Å². The minimum Gasteiger partial charge on any atom is -0.493 e. The van der Waals surface area contributed by atoms with Crippen molar-refractivity contribution >= 4 is 11.6 Å². The molecule has 17 heavy (non-hydrogen) atoms. The van der Waals surface area contributed by atoms with E-state index in [4.69, 9.17) is 22.8 Å². The third kappa shape index (κ3) is 2.94. The van der Waals surface area contributed by atoms with Gasteiger partial charge >= 0.3 is 0 Å². The number of hydrogen-bond acceptors (Lipinski definition) is 2. The largest absolute Gasteiger partial charge is 0.493 e. The maximum Gasteiger partial charge on any atom is 0.127 e. The molecule has 0 aliphatic carbocycles. The summed E-state index contributed by atoms with van der Waals surface area (Å²) in [7, 11) is 0. The lowest BCUT2D eigenvalue weighted by atomic mass is 10.1. The molecule has 1 atom stereocenters. The Morgan fingerprint density at radius 1 is 1.59 bits per heavy atom. The Balaban J connectivity index is 2.09. The number of terminal acetylenes is 1. The smallest absolute Gasteiger partial charge is 0.127 e. The standard InChI is InChI=1S/C14H16ClNO/c1-3-4-10(2)16-9-12-8-13(15)7-11-5-6-17-14(11)12/h1,7-8,10,16H,4-6,9H2,2H3. The minimum atomic E-state index is 0.302. The van der Waals surface area contributed by atoms with Crippen LogP contribution in [0.25, 0.3) is 0 Å². The highest BCUT2D eigenvalue weighted by Crippen LogP contribution is 2.32. The topological polar surface area (TPSA) is 21.3 Å². The van der Waals surface area contributed by atoms with Gasteiger partial charge in [0.05, 0.1) is 6.61 Å². The number of hydrogen-bond donors (Lipinski definition) is 1. The van der Waals surface area contributed by atoms with Gasteiger partial charge in [-0.05, 0) is 24.6 Å². The summed E-state index contributed by atoms with van der Waals surface area (Å²) in [5.41, 5.74) is 2.33. The zero-order chi connectivity index (χ0) is 12.3. The van der Waals surface area contributed by atoms with Crippen LogP contribution < -0.4 is 10.1 Å². The van der Waals surface area contributed by atoms with E-state index in [-0.39, 0.29) is 0 Å². The molecule has 0 amide bonds. The Morgan fingerprint density at radius 2 is 2.41 bits per heavy atom. The molecule has 0 saturated carbocycles. The van der Waals surface area contributed by atoms with E-state index in [1.165, 1.54) is 5.56 Å². The van der Waals surface area contributed by atoms with Gasteiger partial charge in [-0.25, -0.2) is 0 Å². The van der Waals surface area contributed by atoms with Crippen LogP contribution in [0.3, 0.4) is 0 Å². The molecule has 1 aliphatic rings. The van der Waals surface area contributed by atoms with Crippen LogP contribution in [0.2, 0.25) is 5.02 Å². The highest BCUT2D eigenvalue weighted by Gasteiger charge is 2.17. The van der Waals surface area contributed by atoms with Crippen molar-refractivity contribution in [3.05, 3.63) is 28.3 Å². The Hall–Kier alpha value is -1.17. The Labute approximate surface area is 107 Å². The Kier molecular flexibility index (Phi) is 3.93. The molecule has 1 aromatic rings. The summed E-state index contributed by atoms with van der Waals surface area (Å²) < 4.78 is 5.64. The molecule has 1 unspecified atom stereocenters. The van der Waals surface area contributed by atoms with Crippen molar-refractivity contribution in [2.75, 3.05) is 6.61 Å². The van der Waals surface area contributed by atoms with Crippen molar-refractivity contribution in [2.45, 2.75) is 32.4 Å². The second-order valence-electron chi connectivity index (χ2n) is 4.34. The second kappa shape index (κ2) is 5.44. The summed E-state index contributed by atoms with van der Waals surface area (Å²) in [4.78, 5) is 0. The first-order chi connectivity index (χ1) is 8.20. The van der Waals surface area contributed by atoms with E-state index in [1.807, 2.05) is 12.1 Å². The van der Waals surface area contributed by atoms with Crippen LogP contribution in [-0.4, -0.2) is 12.6 Å². The van der Waals surface area contributed by atoms with Gasteiger partial charge in [-0.2, -0.15) is 0 Å². The number of rotatable bonds is 4. The molecule has 1 aliphatic heterocycles. The average molecular weight is 250 g/mol. The molecular weight excluding hydrogens is 234 g/mol. The molecular formula is C14H16ClNO. The van der Waals surface area contributed by atoms with Gasteiger partial charge in [0.25, 0.3) is 0 Å². The average Bonchev–Trinajstić information content (AvgIpc) is 2.74. The molecule has 0 fully saturated rings. The first kappa shape index (κ1) is 12.3. The molecule has 2 rings (SSSR count). The maximum absolute atomic E-state index is 6.09. The highest BCUT2D eigenvalue weighted by atomic mass is 35.5. The van der Waals surface area contributed by atoms with Gasteiger partial charge < -0.3 is 10.1 Å². The number of benzene rings is 1. The van der Waals surface area contributed by atoms with Crippen molar-refractivity contribution in [3.8, 4) is 18.1 Å². The maximum atomic E-state index is 6.09. The van der Waals surface area contributed by atoms with Crippen LogP contribution in [0.1, 0.15) is 24.5 Å². The van der Waals surface area contributed by atoms with Gasteiger partial charge in [-0.15, -0.1) is 12.3 Å². The first-order valence-corrected chi connectivity index (χ1v) is 6.19. The van der Waals surface area contributed by atoms with Gasteiger partial charge in [0, 0.05) is 36.0 Å². The lowest BCUT2D eigenvalue weighted by Crippen LogP contribution is -2.25. The molecule has 90 valence electrons. The molecule has 1 N–H and O–H groups in total. The first-order valence-electron chi connectivity index (χ1n) is 5.81. The molecule has 2 nitrogen and oxygen atoms in total. The van der Waals surface area contributed by atoms with E-state index in [2.05, 4.69) is 18.2 Å². The lowest BCUT2D eigenvalue weighted by Gasteiger charge is -2.13. The monoisotopic (exact) mass is 249 g/mol. The van der Waals surface area contributed by atoms with E-state index in [1.54, 1.807) is 0 Å². The van der Waals surface area contributed by atoms with Crippen molar-refractivity contribution < 1.29 is 4.74 Å². The van der Waals surface area contributed by atoms with E-state index in [0.29, 0.717) is 6.04 Å². The molecule has 3 heteroatoms. The number of halogens is 1. The highest BCUT2D eigenvalue weighted by molar-refractivity contribution is 6.30. The van der Waals surface area contributed by atoms with Gasteiger partial charge in [-0.1, -0.05) is 11.6 Å². The van der Waals surface area contributed by atoms with Crippen LogP contribution in [0, 0.1) is 12.3 Å². The summed E-state index contributed by atoms with van der Waals surface area (Å²) in [6.07, 6.45) is 6.95. The predicted octanol–water partition coefficient (Wildman–Crippen LogP) is 2.78. The summed E-state index contributed by atoms with van der Waals surface area (Å²) in [6, 6.07) is 4.25. The molecule has 0 aromatic heterocycles. The summed E-state index contributed by atoms with van der Waals surface area (Å²) in [5, 5.41) is 4.15. The van der Waals surface area contributed by atoms with Crippen LogP contribution in [-0.2, 0) is 13.0 Å². The lowest BCUT2D eigenvalue weighted by molar-refractivity contribution is 0.351. The normalized spacial score (nSPS) is 14.9. The summed E-state index contributed by atoms with van der Waals surface area (Å²) >= 11 is 6.09. The van der Waals surface area contributed by atoms with E-state index >= 15 is 0 Å². The number of fused-ring (bicyclic) bond motifs is 1. The third-order valence-electron chi connectivity index (χ3n) is 2.89. The van der Waals surface area contributed by atoms with Crippen LogP contribution >= 0.6 is 11.6 Å². The van der Waals surface area contributed by atoms with Crippen LogP contribution in [0.15, 0.2) is 12.1 Å².